The summed E-state index contributed by atoms with van der Waals surface area (Å²) in [5.74, 6) is -0.325. The molecule has 0 bridgehead atoms. The van der Waals surface area contributed by atoms with Crippen molar-refractivity contribution in [3.63, 3.8) is 0 Å². The molecule has 0 radical (unpaired) electrons. The van der Waals surface area contributed by atoms with E-state index in [-0.39, 0.29) is 11.5 Å². The number of nitrogens with one attached hydrogen (secondary N) is 3. The molecular formula is C18H24BrN5O. The summed E-state index contributed by atoms with van der Waals surface area (Å²) in [6.07, 6.45) is 2.33. The van der Waals surface area contributed by atoms with E-state index in [0.717, 1.165) is 43.6 Å². The first-order valence-electron chi connectivity index (χ1n) is 8.48. The summed E-state index contributed by atoms with van der Waals surface area (Å²) in [5.41, 5.74) is 1.30. The summed E-state index contributed by atoms with van der Waals surface area (Å²) in [5, 5.41) is 18.3. The molecule has 1 amide bonds. The van der Waals surface area contributed by atoms with Gasteiger partial charge in [-0.25, -0.2) is 0 Å². The van der Waals surface area contributed by atoms with Gasteiger partial charge in [-0.05, 0) is 24.1 Å². The van der Waals surface area contributed by atoms with Crippen LogP contribution in [0.2, 0.25) is 0 Å². The maximum atomic E-state index is 12.0. The Hall–Kier alpha value is -1.88. The zero-order valence-electron chi connectivity index (χ0n) is 14.2. The van der Waals surface area contributed by atoms with Crippen LogP contribution < -0.4 is 16.0 Å². The van der Waals surface area contributed by atoms with Gasteiger partial charge in [0.1, 0.15) is 11.6 Å². The number of carbonyl (C=O) groups is 1. The molecule has 1 aromatic rings. The van der Waals surface area contributed by atoms with Crippen LogP contribution in [0.25, 0.3) is 0 Å². The third-order valence-corrected chi connectivity index (χ3v) is 4.53. The number of nitrogens with zero attached hydrogens (tertiary/aromatic N) is 2. The number of halogens is 1. The molecule has 2 rings (SSSR count). The summed E-state index contributed by atoms with van der Waals surface area (Å²) in [6, 6.07) is 10.0. The van der Waals surface area contributed by atoms with Crippen LogP contribution >= 0.6 is 15.9 Å². The number of benzene rings is 1. The molecule has 25 heavy (non-hydrogen) atoms. The van der Waals surface area contributed by atoms with Gasteiger partial charge in [0.25, 0.3) is 5.91 Å². The summed E-state index contributed by atoms with van der Waals surface area (Å²) in [6.45, 7) is 5.99. The van der Waals surface area contributed by atoms with Crippen LogP contribution in [-0.4, -0.2) is 56.6 Å². The topological polar surface area (TPSA) is 80.2 Å². The van der Waals surface area contributed by atoms with Crippen molar-refractivity contribution >= 4 is 21.8 Å². The smallest absolute Gasteiger partial charge is 0.263 e. The van der Waals surface area contributed by atoms with Crippen molar-refractivity contribution in [2.24, 2.45) is 0 Å². The van der Waals surface area contributed by atoms with Crippen LogP contribution in [0.3, 0.4) is 0 Å². The number of hydrogen-bond acceptors (Lipinski definition) is 5. The van der Waals surface area contributed by atoms with Crippen molar-refractivity contribution in [1.82, 2.24) is 20.9 Å². The molecule has 0 unspecified atom stereocenters. The fourth-order valence-electron chi connectivity index (χ4n) is 2.55. The molecule has 1 fully saturated rings. The van der Waals surface area contributed by atoms with Crippen molar-refractivity contribution in [3.8, 4) is 6.07 Å². The molecule has 0 spiro atoms. The van der Waals surface area contributed by atoms with Gasteiger partial charge in [0.2, 0.25) is 0 Å². The van der Waals surface area contributed by atoms with Gasteiger partial charge in [0.05, 0.1) is 0 Å². The van der Waals surface area contributed by atoms with E-state index in [9.17, 15) is 4.79 Å². The molecule has 1 aliphatic rings. The highest BCUT2D eigenvalue weighted by Gasteiger charge is 2.11. The van der Waals surface area contributed by atoms with Crippen molar-refractivity contribution in [2.75, 3.05) is 45.8 Å². The number of piperazine rings is 1. The third-order valence-electron chi connectivity index (χ3n) is 4.01. The van der Waals surface area contributed by atoms with E-state index in [1.165, 1.54) is 11.8 Å². The van der Waals surface area contributed by atoms with Gasteiger partial charge >= 0.3 is 0 Å². The maximum absolute atomic E-state index is 12.0. The highest BCUT2D eigenvalue weighted by molar-refractivity contribution is 9.10. The second kappa shape index (κ2) is 10.9. The lowest BCUT2D eigenvalue weighted by Crippen LogP contribution is -2.46. The SMILES string of the molecule is N#C/C(=C/NCCc1ccc(Br)cc1)C(=O)NCCN1CCNCC1. The molecule has 1 aliphatic heterocycles. The number of carbonyl (C=O) groups excluding carboxylic acids is 1. The maximum Gasteiger partial charge on any atom is 0.263 e. The molecule has 1 saturated heterocycles. The molecule has 1 aromatic carbocycles. The van der Waals surface area contributed by atoms with Gasteiger partial charge in [-0.3, -0.25) is 9.69 Å². The minimum absolute atomic E-state index is 0.108. The summed E-state index contributed by atoms with van der Waals surface area (Å²) in [4.78, 5) is 14.3. The van der Waals surface area contributed by atoms with Crippen molar-refractivity contribution in [1.29, 1.82) is 5.26 Å². The molecule has 0 saturated carbocycles. The number of nitriles is 1. The standard InChI is InChI=1S/C18H24BrN5O/c19-17-3-1-15(2-4-17)5-6-22-14-16(13-20)18(25)23-9-12-24-10-7-21-8-11-24/h1-4,14,21-22H,5-12H2,(H,23,25)/b16-14-. The summed E-state index contributed by atoms with van der Waals surface area (Å²) in [7, 11) is 0. The Morgan fingerprint density at radius 1 is 1.28 bits per heavy atom. The van der Waals surface area contributed by atoms with Crippen LogP contribution in [0.5, 0.6) is 0 Å². The van der Waals surface area contributed by atoms with E-state index < -0.39 is 0 Å². The third kappa shape index (κ3) is 7.26. The predicted octanol–water partition coefficient (Wildman–Crippen LogP) is 1.01. The lowest BCUT2D eigenvalue weighted by molar-refractivity contribution is -0.117. The fourth-order valence-corrected chi connectivity index (χ4v) is 2.81. The summed E-state index contributed by atoms with van der Waals surface area (Å²) >= 11 is 3.41. The van der Waals surface area contributed by atoms with E-state index in [1.807, 2.05) is 30.3 Å². The summed E-state index contributed by atoms with van der Waals surface area (Å²) < 4.78 is 1.05. The molecular weight excluding hydrogens is 382 g/mol. The molecule has 134 valence electrons. The quantitative estimate of drug-likeness (QED) is 0.341. The first-order chi connectivity index (χ1) is 12.2. The Morgan fingerprint density at radius 2 is 2.00 bits per heavy atom. The minimum Gasteiger partial charge on any atom is -0.389 e. The first kappa shape index (κ1) is 19.4. The molecule has 0 aliphatic carbocycles. The number of rotatable bonds is 8. The normalized spacial score (nSPS) is 15.4. The molecule has 3 N–H and O–H groups in total. The average molecular weight is 406 g/mol. The Morgan fingerprint density at radius 3 is 2.68 bits per heavy atom. The number of hydrogen-bond donors (Lipinski definition) is 3. The molecule has 7 heteroatoms. The average Bonchev–Trinajstić information content (AvgIpc) is 2.64. The number of amides is 1. The van der Waals surface area contributed by atoms with E-state index in [1.54, 1.807) is 0 Å². The molecule has 1 heterocycles. The minimum atomic E-state index is -0.325. The van der Waals surface area contributed by atoms with Gasteiger partial charge in [-0.1, -0.05) is 28.1 Å². The lowest BCUT2D eigenvalue weighted by atomic mass is 10.1. The van der Waals surface area contributed by atoms with Crippen LogP contribution in [0.4, 0.5) is 0 Å². The van der Waals surface area contributed by atoms with Crippen molar-refractivity contribution in [2.45, 2.75) is 6.42 Å². The van der Waals surface area contributed by atoms with Crippen molar-refractivity contribution in [3.05, 3.63) is 46.1 Å². The van der Waals surface area contributed by atoms with E-state index in [4.69, 9.17) is 5.26 Å². The molecule has 0 aromatic heterocycles. The highest BCUT2D eigenvalue weighted by atomic mass is 79.9. The van der Waals surface area contributed by atoms with E-state index >= 15 is 0 Å². The fraction of sp³-hybridized carbons (Fsp3) is 0.444. The van der Waals surface area contributed by atoms with Crippen LogP contribution in [0, 0.1) is 11.3 Å². The van der Waals surface area contributed by atoms with Gasteiger partial charge < -0.3 is 16.0 Å². The Kier molecular flexibility index (Phi) is 8.46. The lowest BCUT2D eigenvalue weighted by Gasteiger charge is -2.27. The zero-order chi connectivity index (χ0) is 17.9. The molecule has 6 nitrogen and oxygen atoms in total. The molecule has 0 atom stereocenters. The van der Waals surface area contributed by atoms with Gasteiger partial charge in [-0.15, -0.1) is 0 Å². The van der Waals surface area contributed by atoms with Crippen LogP contribution in [0.1, 0.15) is 5.56 Å². The van der Waals surface area contributed by atoms with Gasteiger partial charge in [-0.2, -0.15) is 5.26 Å². The largest absolute Gasteiger partial charge is 0.389 e. The monoisotopic (exact) mass is 405 g/mol. The highest BCUT2D eigenvalue weighted by Crippen LogP contribution is 2.10. The van der Waals surface area contributed by atoms with Crippen LogP contribution in [0.15, 0.2) is 40.5 Å². The second-order valence-corrected chi connectivity index (χ2v) is 6.76. The van der Waals surface area contributed by atoms with Crippen LogP contribution in [-0.2, 0) is 11.2 Å². The Bertz CT molecular complexity index is 617. The van der Waals surface area contributed by atoms with Gasteiger partial charge in [0.15, 0.2) is 0 Å². The zero-order valence-corrected chi connectivity index (χ0v) is 15.8. The predicted molar refractivity (Wildman–Crippen MR) is 102 cm³/mol. The Labute approximate surface area is 157 Å². The first-order valence-corrected chi connectivity index (χ1v) is 9.27. The van der Waals surface area contributed by atoms with Crippen molar-refractivity contribution < 1.29 is 4.79 Å². The van der Waals surface area contributed by atoms with E-state index in [0.29, 0.717) is 13.1 Å². The Balaban J connectivity index is 1.68. The van der Waals surface area contributed by atoms with E-state index in [2.05, 4.69) is 36.8 Å². The second-order valence-electron chi connectivity index (χ2n) is 5.85. The van der Waals surface area contributed by atoms with Gasteiger partial charge in [0, 0.05) is 56.5 Å².